The maximum atomic E-state index is 2.91. The molecule has 21 rings (SSSR count). The summed E-state index contributed by atoms with van der Waals surface area (Å²) in [6.45, 7) is 0.00865. The topological polar surface area (TPSA) is 8.17 Å². The molecule has 3 heteroatoms. The smallest absolute Gasteiger partial charge is 0.333 e. The van der Waals surface area contributed by atoms with Crippen LogP contribution in [0.4, 0.5) is 17.1 Å². The molecule has 3 aliphatic heterocycles. The van der Waals surface area contributed by atoms with Crippen LogP contribution in [0.3, 0.4) is 0 Å². The zero-order chi connectivity index (χ0) is 46.0. The third-order valence-electron chi connectivity index (χ3n) is 24.6. The van der Waals surface area contributed by atoms with Crippen LogP contribution in [0.1, 0.15) is 97.6 Å². The fraction of sp³-hybridized carbons (Fsp3) is 0.304. The van der Waals surface area contributed by atoms with Crippen LogP contribution in [0.25, 0.3) is 55.2 Å². The van der Waals surface area contributed by atoms with Crippen LogP contribution >= 0.6 is 0 Å². The van der Waals surface area contributed by atoms with Crippen molar-refractivity contribution in [2.45, 2.75) is 80.5 Å². The molecular formula is C69H53BN2. The van der Waals surface area contributed by atoms with E-state index >= 15 is 0 Å². The van der Waals surface area contributed by atoms with Crippen LogP contribution in [0, 0.1) is 46.3 Å². The second-order valence-electron chi connectivity index (χ2n) is 26.3. The van der Waals surface area contributed by atoms with Crippen molar-refractivity contribution in [3.8, 4) is 33.4 Å². The molecule has 4 unspecified atom stereocenters. The van der Waals surface area contributed by atoms with Gasteiger partial charge in [-0.3, -0.25) is 0 Å². The Bertz CT molecular complexity index is 4040. The van der Waals surface area contributed by atoms with Crippen LogP contribution < -0.4 is 15.8 Å². The van der Waals surface area contributed by atoms with Gasteiger partial charge >= 0.3 is 6.85 Å². The lowest BCUT2D eigenvalue weighted by molar-refractivity contribution is -0.175. The molecule has 9 aromatic rings. The second-order valence-corrected chi connectivity index (χ2v) is 26.3. The number of benzene rings is 8. The van der Waals surface area contributed by atoms with Gasteiger partial charge in [0.1, 0.15) is 0 Å². The Balaban J connectivity index is 0.896. The van der Waals surface area contributed by atoms with E-state index in [2.05, 4.69) is 173 Å². The number of rotatable bonds is 3. The van der Waals surface area contributed by atoms with Gasteiger partial charge in [-0.05, 0) is 236 Å². The van der Waals surface area contributed by atoms with Crippen molar-refractivity contribution in [2.75, 3.05) is 4.90 Å². The highest BCUT2D eigenvalue weighted by atomic mass is 15.2. The summed E-state index contributed by atoms with van der Waals surface area (Å²) in [6, 6.07) is 66.0. The van der Waals surface area contributed by atoms with Gasteiger partial charge in [0.05, 0.1) is 11.1 Å². The number of aromatic nitrogens is 1. The number of para-hydroxylation sites is 2. The van der Waals surface area contributed by atoms with Crippen molar-refractivity contribution < 1.29 is 0 Å². The number of anilines is 3. The normalized spacial score (nSPS) is 33.8. The summed E-state index contributed by atoms with van der Waals surface area (Å²) in [5.74, 6) is 5.86. The molecule has 9 aliphatic carbocycles. The molecule has 3 spiro atoms. The average molecular weight is 921 g/mol. The van der Waals surface area contributed by atoms with Crippen LogP contribution in [-0.4, -0.2) is 11.3 Å². The summed E-state index contributed by atoms with van der Waals surface area (Å²) in [6.07, 6.45) is 14.6. The van der Waals surface area contributed by atoms with Gasteiger partial charge in [0, 0.05) is 38.7 Å². The molecular weight excluding hydrogens is 868 g/mol. The van der Waals surface area contributed by atoms with Crippen molar-refractivity contribution >= 4 is 56.6 Å². The lowest BCUT2D eigenvalue weighted by atomic mass is 9.38. The molecule has 8 fully saturated rings. The molecule has 4 atom stereocenters. The first-order chi connectivity index (χ1) is 35.5. The third kappa shape index (κ3) is 3.62. The van der Waals surface area contributed by atoms with Gasteiger partial charge in [-0.25, -0.2) is 0 Å². The number of hydrogen-bond acceptors (Lipinski definition) is 1. The molecule has 12 aliphatic rings. The molecule has 1 aromatic heterocycles. The first kappa shape index (κ1) is 37.2. The van der Waals surface area contributed by atoms with Gasteiger partial charge in [-0.1, -0.05) is 121 Å². The summed E-state index contributed by atoms with van der Waals surface area (Å²) in [4.78, 5) is 2.75. The predicted octanol–water partition coefficient (Wildman–Crippen LogP) is 14.7. The molecule has 0 saturated heterocycles. The standard InChI is InChI=1S/C69H53BN2/c1-2-11-38(12-3-1)39-23-51-53-31-41(66-34-46-27-43-28-47(35-66)68(43,46)37-66)30-52-50-29-40(65-32-44-25-42-26-45(33-65)67(42,44)36-65)21-22-59(50)72(63(52)53)70-58-19-10-18-57-64(58)71(61(24-39)62(51)70)60-20-9-8-17-56(60)69(57)54-15-6-4-13-48(54)49-14-5-7-16-55(49)69/h1-24,29-31,42-47H,25-28,32-37H2. The van der Waals surface area contributed by atoms with E-state index in [-0.39, 0.29) is 6.85 Å². The second kappa shape index (κ2) is 11.5. The SMILES string of the molecule is c1ccc(-c2cc3c4c(c2)N2c5ccccc5C5(c6ccccc6-c6ccccc65)c5cccc(c52)B4n2c4ccc(C56CC7CC8CC(C5)C87C6)cc4c4cc(C56CC7CC8CC(C5)C87C6)cc-3c42)cc1. The maximum absolute atomic E-state index is 2.91. The van der Waals surface area contributed by atoms with E-state index in [0.29, 0.717) is 21.7 Å². The lowest BCUT2D eigenvalue weighted by Crippen LogP contribution is -2.59. The third-order valence-corrected chi connectivity index (χ3v) is 24.6. The summed E-state index contributed by atoms with van der Waals surface area (Å²) in [5.41, 5.74) is 28.5. The number of fused-ring (bicyclic) bond motifs is 18. The predicted molar refractivity (Wildman–Crippen MR) is 292 cm³/mol. The number of nitrogens with zero attached hydrogens (tertiary/aromatic N) is 2. The first-order valence-electron chi connectivity index (χ1n) is 28.1. The molecule has 4 bridgehead atoms. The van der Waals surface area contributed by atoms with Crippen LogP contribution in [0.2, 0.25) is 0 Å². The molecule has 0 amide bonds. The Hall–Kier alpha value is -6.58. The summed E-state index contributed by atoms with van der Waals surface area (Å²) >= 11 is 0. The largest absolute Gasteiger partial charge is 0.375 e. The van der Waals surface area contributed by atoms with Crippen LogP contribution in [-0.2, 0) is 16.2 Å². The zero-order valence-corrected chi connectivity index (χ0v) is 40.6. The Morgan fingerprint density at radius 3 is 1.72 bits per heavy atom. The highest BCUT2D eigenvalue weighted by Gasteiger charge is 2.78. The van der Waals surface area contributed by atoms with Crippen molar-refractivity contribution in [1.29, 1.82) is 0 Å². The minimum absolute atomic E-state index is 0.00865. The summed E-state index contributed by atoms with van der Waals surface area (Å²) in [7, 11) is 0. The van der Waals surface area contributed by atoms with E-state index in [1.807, 2.05) is 0 Å². The van der Waals surface area contributed by atoms with Crippen molar-refractivity contribution in [1.82, 2.24) is 4.48 Å². The van der Waals surface area contributed by atoms with E-state index < -0.39 is 5.41 Å². The fourth-order valence-electron chi connectivity index (χ4n) is 22.3. The molecule has 72 heavy (non-hydrogen) atoms. The van der Waals surface area contributed by atoms with Gasteiger partial charge in [-0.15, -0.1) is 0 Å². The van der Waals surface area contributed by atoms with E-state index in [9.17, 15) is 0 Å². The molecule has 8 aromatic carbocycles. The van der Waals surface area contributed by atoms with E-state index in [1.54, 1.807) is 11.1 Å². The minimum Gasteiger partial charge on any atom is -0.375 e. The quantitative estimate of drug-likeness (QED) is 0.160. The van der Waals surface area contributed by atoms with Gasteiger partial charge < -0.3 is 9.38 Å². The Labute approximate surface area is 421 Å². The average Bonchev–Trinajstić information content (AvgIpc) is 4.25. The highest BCUT2D eigenvalue weighted by molar-refractivity contribution is 6.90. The molecule has 8 saturated carbocycles. The fourth-order valence-corrected chi connectivity index (χ4v) is 22.3. The van der Waals surface area contributed by atoms with Gasteiger partial charge in [0.2, 0.25) is 0 Å². The molecule has 342 valence electrons. The van der Waals surface area contributed by atoms with E-state index in [1.165, 1.54) is 170 Å². The van der Waals surface area contributed by atoms with E-state index in [0.717, 1.165) is 35.5 Å². The van der Waals surface area contributed by atoms with Crippen LogP contribution in [0.15, 0.2) is 164 Å². The summed E-state index contributed by atoms with van der Waals surface area (Å²) < 4.78 is 2.91. The van der Waals surface area contributed by atoms with Gasteiger partial charge in [0.15, 0.2) is 0 Å². The molecule has 0 radical (unpaired) electrons. The molecule has 2 nitrogen and oxygen atoms in total. The van der Waals surface area contributed by atoms with E-state index in [4.69, 9.17) is 0 Å². The van der Waals surface area contributed by atoms with Crippen molar-refractivity contribution in [2.24, 2.45) is 46.3 Å². The maximum Gasteiger partial charge on any atom is 0.333 e. The van der Waals surface area contributed by atoms with Gasteiger partial charge in [0.25, 0.3) is 0 Å². The molecule has 4 heterocycles. The Kier molecular flexibility index (Phi) is 5.92. The van der Waals surface area contributed by atoms with Crippen molar-refractivity contribution in [3.05, 3.63) is 197 Å². The zero-order valence-electron chi connectivity index (χ0n) is 40.6. The van der Waals surface area contributed by atoms with Crippen LogP contribution in [0.5, 0.6) is 0 Å². The Morgan fingerprint density at radius 2 is 1.04 bits per heavy atom. The summed E-state index contributed by atoms with van der Waals surface area (Å²) in [5, 5.41) is 3.05. The van der Waals surface area contributed by atoms with Gasteiger partial charge in [-0.2, -0.15) is 0 Å². The van der Waals surface area contributed by atoms with Crippen molar-refractivity contribution in [3.63, 3.8) is 0 Å². The monoisotopic (exact) mass is 920 g/mol. The Morgan fingerprint density at radius 1 is 0.431 bits per heavy atom. The molecule has 0 N–H and O–H groups in total. The minimum atomic E-state index is -0.466. The first-order valence-corrected chi connectivity index (χ1v) is 28.1. The highest BCUT2D eigenvalue weighted by Crippen LogP contribution is 2.86. The lowest BCUT2D eigenvalue weighted by Gasteiger charge is -2.66. The number of hydrogen-bond donors (Lipinski definition) is 0.